The highest BCUT2D eigenvalue weighted by Crippen LogP contribution is 2.31. The van der Waals surface area contributed by atoms with Gasteiger partial charge in [0.1, 0.15) is 5.84 Å². The van der Waals surface area contributed by atoms with Crippen LogP contribution < -0.4 is 15.2 Å². The molecular weight excluding hydrogens is 254 g/mol. The van der Waals surface area contributed by atoms with Crippen molar-refractivity contribution in [3.63, 3.8) is 0 Å². The fourth-order valence-electron chi connectivity index (χ4n) is 1.73. The minimum Gasteiger partial charge on any atom is -0.493 e. The van der Waals surface area contributed by atoms with Crippen LogP contribution in [0, 0.1) is 5.41 Å². The maximum absolute atomic E-state index is 7.31. The number of nitrogens with two attached hydrogens (primary N) is 1. The lowest BCUT2D eigenvalue weighted by molar-refractivity contribution is 0.373. The second-order valence-electron chi connectivity index (χ2n) is 4.24. The Morgan fingerprint density at radius 1 is 1.25 bits per heavy atom. The molecule has 0 radical (unpaired) electrons. The van der Waals surface area contributed by atoms with Crippen molar-refractivity contribution in [2.24, 2.45) is 5.73 Å². The second-order valence-corrected chi connectivity index (χ2v) is 4.24. The van der Waals surface area contributed by atoms with E-state index >= 15 is 0 Å². The molecule has 3 N–H and O–H groups in total. The molecular formula is C15H17N3O2. The van der Waals surface area contributed by atoms with Crippen molar-refractivity contribution in [1.82, 2.24) is 4.98 Å². The third-order valence-corrected chi connectivity index (χ3v) is 2.90. The number of methoxy groups -OCH3 is 1. The molecule has 0 aliphatic rings. The Bertz CT molecular complexity index is 609. The number of aryl methyl sites for hydroxylation is 1. The van der Waals surface area contributed by atoms with E-state index in [1.165, 1.54) is 11.8 Å². The number of pyridine rings is 1. The summed E-state index contributed by atoms with van der Waals surface area (Å²) in [5.41, 5.74) is 7.11. The molecule has 1 aromatic carbocycles. The topological polar surface area (TPSA) is 81.2 Å². The number of rotatable bonds is 5. The lowest BCUT2D eigenvalue weighted by Gasteiger charge is -2.11. The highest BCUT2D eigenvalue weighted by molar-refractivity contribution is 5.94. The van der Waals surface area contributed by atoms with Crippen molar-refractivity contribution in [3.8, 4) is 17.4 Å². The minimum atomic E-state index is -0.0195. The molecule has 5 nitrogen and oxygen atoms in total. The van der Waals surface area contributed by atoms with Crippen LogP contribution in [-0.4, -0.2) is 17.9 Å². The first-order valence-corrected chi connectivity index (χ1v) is 6.29. The zero-order chi connectivity index (χ0) is 14.5. The van der Waals surface area contributed by atoms with Crippen LogP contribution in [0.25, 0.3) is 0 Å². The van der Waals surface area contributed by atoms with E-state index in [0.717, 1.165) is 6.42 Å². The zero-order valence-corrected chi connectivity index (χ0v) is 11.5. The maximum atomic E-state index is 7.31. The molecule has 0 fully saturated rings. The number of nitrogen functional groups attached to an aromatic ring is 1. The number of amidine groups is 1. The van der Waals surface area contributed by atoms with Crippen molar-refractivity contribution in [2.45, 2.75) is 13.3 Å². The van der Waals surface area contributed by atoms with Gasteiger partial charge in [-0.05, 0) is 30.2 Å². The van der Waals surface area contributed by atoms with Crippen molar-refractivity contribution in [2.75, 3.05) is 7.11 Å². The Hall–Kier alpha value is -2.56. The quantitative estimate of drug-likeness (QED) is 0.647. The number of nitrogens with zero attached hydrogens (tertiary/aromatic N) is 1. The van der Waals surface area contributed by atoms with Gasteiger partial charge in [-0.1, -0.05) is 13.0 Å². The van der Waals surface area contributed by atoms with Crippen molar-refractivity contribution >= 4 is 5.84 Å². The first kappa shape index (κ1) is 13.9. The molecule has 0 aliphatic heterocycles. The lowest BCUT2D eigenvalue weighted by atomic mass is 10.1. The molecule has 1 aromatic heterocycles. The summed E-state index contributed by atoms with van der Waals surface area (Å²) < 4.78 is 11.0. The van der Waals surface area contributed by atoms with Crippen LogP contribution in [0.15, 0.2) is 36.5 Å². The first-order chi connectivity index (χ1) is 9.63. The van der Waals surface area contributed by atoms with Crippen LogP contribution in [0.3, 0.4) is 0 Å². The average molecular weight is 271 g/mol. The molecule has 1 heterocycles. The van der Waals surface area contributed by atoms with Gasteiger partial charge in [-0.25, -0.2) is 4.98 Å². The summed E-state index contributed by atoms with van der Waals surface area (Å²) in [6.45, 7) is 2.08. The van der Waals surface area contributed by atoms with Gasteiger partial charge in [-0.15, -0.1) is 0 Å². The van der Waals surface area contributed by atoms with Gasteiger partial charge in [-0.3, -0.25) is 5.41 Å². The van der Waals surface area contributed by atoms with Crippen LogP contribution in [-0.2, 0) is 6.42 Å². The van der Waals surface area contributed by atoms with Crippen molar-refractivity contribution < 1.29 is 9.47 Å². The molecule has 2 rings (SSSR count). The highest BCUT2D eigenvalue weighted by Gasteiger charge is 2.07. The number of hydrogen-bond acceptors (Lipinski definition) is 4. The highest BCUT2D eigenvalue weighted by atomic mass is 16.5. The van der Waals surface area contributed by atoms with E-state index in [-0.39, 0.29) is 5.84 Å². The molecule has 0 saturated heterocycles. The Kier molecular flexibility index (Phi) is 4.20. The van der Waals surface area contributed by atoms with E-state index in [4.69, 9.17) is 20.6 Å². The number of aromatic nitrogens is 1. The predicted octanol–water partition coefficient (Wildman–Crippen LogP) is 2.73. The van der Waals surface area contributed by atoms with E-state index < -0.39 is 0 Å². The molecule has 0 spiro atoms. The fraction of sp³-hybridized carbons (Fsp3) is 0.200. The Morgan fingerprint density at radius 3 is 2.60 bits per heavy atom. The average Bonchev–Trinajstić information content (AvgIpc) is 2.48. The van der Waals surface area contributed by atoms with Crippen LogP contribution in [0.1, 0.15) is 18.1 Å². The Balaban J connectivity index is 2.23. The molecule has 0 saturated carbocycles. The molecule has 5 heteroatoms. The van der Waals surface area contributed by atoms with E-state index in [2.05, 4.69) is 11.9 Å². The van der Waals surface area contributed by atoms with Crippen molar-refractivity contribution in [3.05, 3.63) is 47.7 Å². The molecule has 104 valence electrons. The smallest absolute Gasteiger partial charge is 0.219 e. The van der Waals surface area contributed by atoms with Gasteiger partial charge in [0.05, 0.1) is 7.11 Å². The van der Waals surface area contributed by atoms with Crippen LogP contribution >= 0.6 is 0 Å². The third kappa shape index (κ3) is 3.06. The Morgan fingerprint density at radius 2 is 2.05 bits per heavy atom. The van der Waals surface area contributed by atoms with Gasteiger partial charge in [0, 0.05) is 17.8 Å². The van der Waals surface area contributed by atoms with Gasteiger partial charge in [0.15, 0.2) is 11.5 Å². The molecule has 0 atom stereocenters. The molecule has 0 amide bonds. The summed E-state index contributed by atoms with van der Waals surface area (Å²) in [6, 6.07) is 9.15. The molecule has 2 aromatic rings. The maximum Gasteiger partial charge on any atom is 0.219 e. The number of nitrogens with one attached hydrogen (secondary N) is 1. The Labute approximate surface area is 117 Å². The van der Waals surface area contributed by atoms with Crippen molar-refractivity contribution in [1.29, 1.82) is 5.41 Å². The van der Waals surface area contributed by atoms with E-state index in [9.17, 15) is 0 Å². The molecule has 0 bridgehead atoms. The summed E-state index contributed by atoms with van der Waals surface area (Å²) >= 11 is 0. The number of hydrogen-bond donors (Lipinski definition) is 2. The minimum absolute atomic E-state index is 0.0195. The van der Waals surface area contributed by atoms with Gasteiger partial charge in [0.2, 0.25) is 5.88 Å². The summed E-state index contributed by atoms with van der Waals surface area (Å²) in [6.07, 6.45) is 2.44. The van der Waals surface area contributed by atoms with E-state index in [1.807, 2.05) is 18.2 Å². The van der Waals surface area contributed by atoms with E-state index in [0.29, 0.717) is 22.9 Å². The van der Waals surface area contributed by atoms with Crippen LogP contribution in [0.2, 0.25) is 0 Å². The first-order valence-electron chi connectivity index (χ1n) is 6.29. The van der Waals surface area contributed by atoms with Gasteiger partial charge >= 0.3 is 0 Å². The summed E-state index contributed by atoms with van der Waals surface area (Å²) in [7, 11) is 1.61. The fourth-order valence-corrected chi connectivity index (χ4v) is 1.73. The normalized spacial score (nSPS) is 10.1. The van der Waals surface area contributed by atoms with Gasteiger partial charge in [0.25, 0.3) is 0 Å². The molecule has 0 aliphatic carbocycles. The standard InChI is InChI=1S/C15H17N3O2/c1-3-10-4-6-12(13(8-10)19-2)20-14-7-5-11(9-18-14)15(16)17/h4-9H,3H2,1-2H3,(H3,16,17). The monoisotopic (exact) mass is 271 g/mol. The van der Waals surface area contributed by atoms with Gasteiger partial charge < -0.3 is 15.2 Å². The largest absolute Gasteiger partial charge is 0.493 e. The zero-order valence-electron chi connectivity index (χ0n) is 11.5. The van der Waals surface area contributed by atoms with Crippen LogP contribution in [0.4, 0.5) is 0 Å². The lowest BCUT2D eigenvalue weighted by Crippen LogP contribution is -2.11. The number of ether oxygens (including phenoxy) is 2. The summed E-state index contributed by atoms with van der Waals surface area (Å²) in [5.74, 6) is 1.68. The molecule has 20 heavy (non-hydrogen) atoms. The predicted molar refractivity (Wildman–Crippen MR) is 77.7 cm³/mol. The number of benzene rings is 1. The summed E-state index contributed by atoms with van der Waals surface area (Å²) in [4.78, 5) is 4.11. The third-order valence-electron chi connectivity index (χ3n) is 2.90. The van der Waals surface area contributed by atoms with Crippen LogP contribution in [0.5, 0.6) is 17.4 Å². The SMILES string of the molecule is CCc1ccc(Oc2ccc(C(=N)N)cn2)c(OC)c1. The second kappa shape index (κ2) is 6.06. The summed E-state index contributed by atoms with van der Waals surface area (Å²) in [5, 5.41) is 7.31. The van der Waals surface area contributed by atoms with E-state index in [1.54, 1.807) is 19.2 Å². The van der Waals surface area contributed by atoms with Gasteiger partial charge in [-0.2, -0.15) is 0 Å². The molecule has 0 unspecified atom stereocenters.